The predicted molar refractivity (Wildman–Crippen MR) is 54.8 cm³/mol. The van der Waals surface area contributed by atoms with Gasteiger partial charge in [-0.15, -0.1) is 0 Å². The fourth-order valence-corrected chi connectivity index (χ4v) is 1.39. The van der Waals surface area contributed by atoms with Gasteiger partial charge in [0.15, 0.2) is 0 Å². The Hall–Kier alpha value is -0.930. The van der Waals surface area contributed by atoms with Crippen molar-refractivity contribution in [3.05, 3.63) is 35.1 Å². The number of aryl methyl sites for hydroxylation is 1. The molecule has 0 saturated carbocycles. The van der Waals surface area contributed by atoms with Gasteiger partial charge in [-0.25, -0.2) is 4.39 Å². The highest BCUT2D eigenvalue weighted by Gasteiger charge is 2.10. The van der Waals surface area contributed by atoms with Crippen LogP contribution in [0.2, 0.25) is 0 Å². The lowest BCUT2D eigenvalue weighted by molar-refractivity contribution is 0.104. The third-order valence-corrected chi connectivity index (χ3v) is 2.23. The van der Waals surface area contributed by atoms with Gasteiger partial charge in [0.2, 0.25) is 0 Å². The van der Waals surface area contributed by atoms with Crippen LogP contribution in [0.5, 0.6) is 0 Å². The predicted octanol–water partition coefficient (Wildman–Crippen LogP) is 2.04. The molecule has 0 aliphatic carbocycles. The van der Waals surface area contributed by atoms with Gasteiger partial charge in [0, 0.05) is 13.7 Å². The molecule has 1 aromatic rings. The van der Waals surface area contributed by atoms with E-state index >= 15 is 0 Å². The summed E-state index contributed by atoms with van der Waals surface area (Å²) in [6, 6.07) is 5.06. The summed E-state index contributed by atoms with van der Waals surface area (Å²) in [5, 5.41) is 3.03. The van der Waals surface area contributed by atoms with Crippen molar-refractivity contribution < 1.29 is 9.13 Å². The van der Waals surface area contributed by atoms with Crippen molar-refractivity contribution in [1.29, 1.82) is 0 Å². The number of benzene rings is 1. The SMILES string of the molecule is CNCC(OC)c1ccc(F)c(C)c1. The average Bonchev–Trinajstić information content (AvgIpc) is 2.19. The van der Waals surface area contributed by atoms with Gasteiger partial charge in [-0.3, -0.25) is 0 Å². The largest absolute Gasteiger partial charge is 0.375 e. The van der Waals surface area contributed by atoms with E-state index in [9.17, 15) is 4.39 Å². The monoisotopic (exact) mass is 197 g/mol. The maximum atomic E-state index is 13.0. The summed E-state index contributed by atoms with van der Waals surface area (Å²) in [6.07, 6.45) is -0.0145. The first kappa shape index (κ1) is 11.1. The van der Waals surface area contributed by atoms with Gasteiger partial charge in [-0.1, -0.05) is 12.1 Å². The summed E-state index contributed by atoms with van der Waals surface area (Å²) in [5.41, 5.74) is 1.65. The smallest absolute Gasteiger partial charge is 0.126 e. The molecule has 0 heterocycles. The molecule has 1 N–H and O–H groups in total. The van der Waals surface area contributed by atoms with E-state index in [-0.39, 0.29) is 11.9 Å². The van der Waals surface area contributed by atoms with Crippen LogP contribution in [0.1, 0.15) is 17.2 Å². The van der Waals surface area contributed by atoms with Crippen molar-refractivity contribution in [2.24, 2.45) is 0 Å². The normalized spacial score (nSPS) is 12.9. The zero-order chi connectivity index (χ0) is 10.6. The van der Waals surface area contributed by atoms with Crippen LogP contribution in [0, 0.1) is 12.7 Å². The minimum Gasteiger partial charge on any atom is -0.375 e. The molecule has 0 amide bonds. The Balaban J connectivity index is 2.88. The van der Waals surface area contributed by atoms with Gasteiger partial charge < -0.3 is 10.1 Å². The highest BCUT2D eigenvalue weighted by Crippen LogP contribution is 2.18. The minimum atomic E-state index is -0.173. The van der Waals surface area contributed by atoms with Crippen molar-refractivity contribution in [3.8, 4) is 0 Å². The molecular weight excluding hydrogens is 181 g/mol. The van der Waals surface area contributed by atoms with E-state index in [1.54, 1.807) is 20.1 Å². The molecule has 78 valence electrons. The second kappa shape index (κ2) is 5.08. The van der Waals surface area contributed by atoms with Gasteiger partial charge in [-0.05, 0) is 31.2 Å². The Labute approximate surface area is 84.1 Å². The first-order chi connectivity index (χ1) is 6.69. The van der Waals surface area contributed by atoms with Crippen LogP contribution in [0.25, 0.3) is 0 Å². The number of methoxy groups -OCH3 is 1. The topological polar surface area (TPSA) is 21.3 Å². The van der Waals surface area contributed by atoms with Gasteiger partial charge >= 0.3 is 0 Å². The third kappa shape index (κ3) is 2.53. The van der Waals surface area contributed by atoms with Crippen LogP contribution in [0.15, 0.2) is 18.2 Å². The van der Waals surface area contributed by atoms with Gasteiger partial charge in [0.05, 0.1) is 6.10 Å². The van der Waals surface area contributed by atoms with E-state index in [1.165, 1.54) is 6.07 Å². The standard InChI is InChI=1S/C11H16FNO/c1-8-6-9(4-5-10(8)12)11(14-3)7-13-2/h4-6,11,13H,7H2,1-3H3. The van der Waals surface area contributed by atoms with Gasteiger partial charge in [-0.2, -0.15) is 0 Å². The molecule has 14 heavy (non-hydrogen) atoms. The second-order valence-corrected chi connectivity index (χ2v) is 3.29. The maximum Gasteiger partial charge on any atom is 0.126 e. The number of ether oxygens (including phenoxy) is 1. The Bertz CT molecular complexity index is 301. The molecule has 0 bridgehead atoms. The summed E-state index contributed by atoms with van der Waals surface area (Å²) >= 11 is 0. The van der Waals surface area contributed by atoms with Crippen molar-refractivity contribution in [2.45, 2.75) is 13.0 Å². The van der Waals surface area contributed by atoms with E-state index < -0.39 is 0 Å². The molecule has 1 unspecified atom stereocenters. The van der Waals surface area contributed by atoms with Crippen molar-refractivity contribution in [3.63, 3.8) is 0 Å². The fraction of sp³-hybridized carbons (Fsp3) is 0.455. The first-order valence-electron chi connectivity index (χ1n) is 4.62. The first-order valence-corrected chi connectivity index (χ1v) is 4.62. The zero-order valence-corrected chi connectivity index (χ0v) is 8.80. The van der Waals surface area contributed by atoms with Gasteiger partial charge in [0.1, 0.15) is 5.82 Å². The minimum absolute atomic E-state index is 0.0145. The highest BCUT2D eigenvalue weighted by atomic mass is 19.1. The number of nitrogens with one attached hydrogen (secondary N) is 1. The molecule has 1 rings (SSSR count). The lowest BCUT2D eigenvalue weighted by Crippen LogP contribution is -2.18. The lowest BCUT2D eigenvalue weighted by Gasteiger charge is -2.15. The van der Waals surface area contributed by atoms with Crippen molar-refractivity contribution in [1.82, 2.24) is 5.32 Å². The zero-order valence-electron chi connectivity index (χ0n) is 8.80. The molecule has 3 heteroatoms. The van der Waals surface area contributed by atoms with E-state index in [2.05, 4.69) is 5.32 Å². The molecule has 0 aliphatic heterocycles. The van der Waals surface area contributed by atoms with Crippen LogP contribution in [0.3, 0.4) is 0 Å². The van der Waals surface area contributed by atoms with E-state index in [1.807, 2.05) is 13.1 Å². The number of hydrogen-bond donors (Lipinski definition) is 1. The number of hydrogen-bond acceptors (Lipinski definition) is 2. The van der Waals surface area contributed by atoms with E-state index in [0.717, 1.165) is 12.1 Å². The molecular formula is C11H16FNO. The Morgan fingerprint density at radius 3 is 2.71 bits per heavy atom. The number of halogens is 1. The number of rotatable bonds is 4. The quantitative estimate of drug-likeness (QED) is 0.797. The molecule has 0 spiro atoms. The molecule has 1 aromatic carbocycles. The average molecular weight is 197 g/mol. The summed E-state index contributed by atoms with van der Waals surface area (Å²) < 4.78 is 18.3. The summed E-state index contributed by atoms with van der Waals surface area (Å²) in [6.45, 7) is 2.48. The molecule has 0 saturated heterocycles. The van der Waals surface area contributed by atoms with Crippen molar-refractivity contribution in [2.75, 3.05) is 20.7 Å². The number of likely N-dealkylation sites (N-methyl/N-ethyl adjacent to an activating group) is 1. The van der Waals surface area contributed by atoms with Crippen LogP contribution >= 0.6 is 0 Å². The fourth-order valence-electron chi connectivity index (χ4n) is 1.39. The third-order valence-electron chi connectivity index (χ3n) is 2.23. The Morgan fingerprint density at radius 1 is 1.50 bits per heavy atom. The van der Waals surface area contributed by atoms with Crippen LogP contribution in [0.4, 0.5) is 4.39 Å². The van der Waals surface area contributed by atoms with Crippen LogP contribution < -0.4 is 5.32 Å². The molecule has 0 radical (unpaired) electrons. The van der Waals surface area contributed by atoms with Crippen molar-refractivity contribution >= 4 is 0 Å². The molecule has 1 atom stereocenters. The van der Waals surface area contributed by atoms with E-state index in [0.29, 0.717) is 5.56 Å². The molecule has 0 aromatic heterocycles. The van der Waals surface area contributed by atoms with E-state index in [4.69, 9.17) is 4.74 Å². The molecule has 2 nitrogen and oxygen atoms in total. The molecule has 0 fully saturated rings. The van der Waals surface area contributed by atoms with Crippen LogP contribution in [-0.2, 0) is 4.74 Å². The Morgan fingerprint density at radius 2 is 2.21 bits per heavy atom. The lowest BCUT2D eigenvalue weighted by atomic mass is 10.1. The summed E-state index contributed by atoms with van der Waals surface area (Å²) in [7, 11) is 3.52. The van der Waals surface area contributed by atoms with Gasteiger partial charge in [0.25, 0.3) is 0 Å². The highest BCUT2D eigenvalue weighted by molar-refractivity contribution is 5.25. The summed E-state index contributed by atoms with van der Waals surface area (Å²) in [4.78, 5) is 0. The Kier molecular flexibility index (Phi) is 4.04. The van der Waals surface area contributed by atoms with Crippen LogP contribution in [-0.4, -0.2) is 20.7 Å². The maximum absolute atomic E-state index is 13.0. The second-order valence-electron chi connectivity index (χ2n) is 3.29. The summed E-state index contributed by atoms with van der Waals surface area (Å²) in [5.74, 6) is -0.173. The molecule has 0 aliphatic rings.